The number of rotatable bonds is 8. The van der Waals surface area contributed by atoms with Gasteiger partial charge in [0.2, 0.25) is 5.91 Å². The number of amides is 2. The molecular weight excluding hydrogens is 334 g/mol. The van der Waals surface area contributed by atoms with Crippen LogP contribution in [0.25, 0.3) is 0 Å². The van der Waals surface area contributed by atoms with Gasteiger partial charge in [-0.3, -0.25) is 19.3 Å². The fourth-order valence-corrected chi connectivity index (χ4v) is 2.48. The molecule has 1 heterocycles. The van der Waals surface area contributed by atoms with Crippen molar-refractivity contribution < 1.29 is 33.8 Å². The molecular formula is C15H25N3O7. The predicted octanol–water partition coefficient (Wildman–Crippen LogP) is -0.717. The third-order valence-electron chi connectivity index (χ3n) is 3.66. The van der Waals surface area contributed by atoms with E-state index in [1.807, 2.05) is 0 Å². The maximum absolute atomic E-state index is 12.2. The third-order valence-corrected chi connectivity index (χ3v) is 3.66. The number of hydrogen-bond acceptors (Lipinski definition) is 7. The van der Waals surface area contributed by atoms with Gasteiger partial charge < -0.3 is 24.8 Å². The number of esters is 1. The Balaban J connectivity index is 2.52. The number of ether oxygens (including phenoxy) is 2. The van der Waals surface area contributed by atoms with Gasteiger partial charge in [-0.1, -0.05) is 0 Å². The maximum atomic E-state index is 12.2. The molecule has 10 nitrogen and oxygen atoms in total. The second kappa shape index (κ2) is 10.5. The second-order valence-corrected chi connectivity index (χ2v) is 5.56. The van der Waals surface area contributed by atoms with Gasteiger partial charge in [-0.2, -0.15) is 0 Å². The third kappa shape index (κ3) is 7.84. The number of hydrogen-bond donors (Lipinski definition) is 2. The number of nitrogens with one attached hydrogen (secondary N) is 1. The average Bonchev–Trinajstić information content (AvgIpc) is 2.53. The lowest BCUT2D eigenvalue weighted by Gasteiger charge is -2.40. The Hall–Kier alpha value is -2.36. The number of aliphatic carboxylic acids is 1. The summed E-state index contributed by atoms with van der Waals surface area (Å²) in [5, 5.41) is 11.4. The van der Waals surface area contributed by atoms with E-state index in [2.05, 4.69) is 5.32 Å². The van der Waals surface area contributed by atoms with Gasteiger partial charge in [-0.15, -0.1) is 0 Å². The highest BCUT2D eigenvalue weighted by molar-refractivity contribution is 5.77. The summed E-state index contributed by atoms with van der Waals surface area (Å²) in [6, 6.07) is -0.379. The largest absolute Gasteiger partial charge is 0.480 e. The Labute approximate surface area is 146 Å². The minimum absolute atomic E-state index is 0.0213. The Morgan fingerprint density at radius 2 is 1.92 bits per heavy atom. The van der Waals surface area contributed by atoms with Gasteiger partial charge >= 0.3 is 18.0 Å². The molecule has 10 heteroatoms. The van der Waals surface area contributed by atoms with Gasteiger partial charge in [0.05, 0.1) is 19.2 Å². The Kier molecular flexibility index (Phi) is 8.68. The molecule has 2 N–H and O–H groups in total. The maximum Gasteiger partial charge on any atom is 0.407 e. The number of nitrogens with zero attached hydrogens (tertiary/aromatic N) is 2. The molecule has 0 aromatic carbocycles. The van der Waals surface area contributed by atoms with Crippen molar-refractivity contribution in [1.82, 2.24) is 15.1 Å². The fraction of sp³-hybridized carbons (Fsp3) is 0.733. The summed E-state index contributed by atoms with van der Waals surface area (Å²) in [5.41, 5.74) is 0. The van der Waals surface area contributed by atoms with Crippen LogP contribution in [0.3, 0.4) is 0 Å². The Morgan fingerprint density at radius 1 is 1.20 bits per heavy atom. The van der Waals surface area contributed by atoms with E-state index in [1.54, 1.807) is 16.7 Å². The van der Waals surface area contributed by atoms with Gasteiger partial charge in [0.25, 0.3) is 0 Å². The zero-order valence-electron chi connectivity index (χ0n) is 14.5. The van der Waals surface area contributed by atoms with Crippen LogP contribution < -0.4 is 5.32 Å². The van der Waals surface area contributed by atoms with Crippen LogP contribution in [0.2, 0.25) is 0 Å². The van der Waals surface area contributed by atoms with E-state index in [0.29, 0.717) is 13.1 Å². The highest BCUT2D eigenvalue weighted by Gasteiger charge is 2.31. The molecule has 1 aliphatic heterocycles. The van der Waals surface area contributed by atoms with Crippen LogP contribution in [-0.4, -0.2) is 90.8 Å². The first-order chi connectivity index (χ1) is 11.8. The Bertz CT molecular complexity index is 498. The van der Waals surface area contributed by atoms with Crippen LogP contribution in [0.15, 0.2) is 0 Å². The molecule has 0 saturated carbocycles. The number of carbonyl (C=O) groups excluding carboxylic acids is 3. The molecule has 1 unspecified atom stereocenters. The summed E-state index contributed by atoms with van der Waals surface area (Å²) in [7, 11) is 0. The molecule has 0 aliphatic carbocycles. The summed E-state index contributed by atoms with van der Waals surface area (Å²) in [4.78, 5) is 48.6. The molecule has 1 fully saturated rings. The summed E-state index contributed by atoms with van der Waals surface area (Å²) in [6.45, 7) is 4.21. The van der Waals surface area contributed by atoms with Crippen molar-refractivity contribution in [1.29, 1.82) is 0 Å². The van der Waals surface area contributed by atoms with E-state index in [1.165, 1.54) is 6.92 Å². The first kappa shape index (κ1) is 20.7. The standard InChI is InChI=1S/C15H25N3O7/c1-3-24-15(23)16-5-4-13(20)18-7-6-17(9-14(21)22)12(8-18)10-25-11(2)19/h12H,3-10H2,1-2H3,(H,16,23)(H,21,22). The highest BCUT2D eigenvalue weighted by Crippen LogP contribution is 2.11. The first-order valence-corrected chi connectivity index (χ1v) is 8.11. The van der Waals surface area contributed by atoms with E-state index in [9.17, 15) is 19.2 Å². The van der Waals surface area contributed by atoms with Gasteiger partial charge in [-0.05, 0) is 6.92 Å². The molecule has 1 rings (SSSR count). The SMILES string of the molecule is CCOC(=O)NCCC(=O)N1CCN(CC(=O)O)C(COC(C)=O)C1. The van der Waals surface area contributed by atoms with E-state index in [4.69, 9.17) is 14.6 Å². The molecule has 1 aliphatic rings. The average molecular weight is 359 g/mol. The van der Waals surface area contributed by atoms with Crippen LogP contribution in [0, 0.1) is 0 Å². The lowest BCUT2D eigenvalue weighted by molar-refractivity contribution is -0.146. The number of carbonyl (C=O) groups is 4. The van der Waals surface area contributed by atoms with Crippen molar-refractivity contribution in [2.24, 2.45) is 0 Å². The van der Waals surface area contributed by atoms with Crippen molar-refractivity contribution in [3.63, 3.8) is 0 Å². The van der Waals surface area contributed by atoms with E-state index < -0.39 is 18.0 Å². The number of carboxylic acids is 1. The van der Waals surface area contributed by atoms with Crippen molar-refractivity contribution in [2.75, 3.05) is 45.9 Å². The summed E-state index contributed by atoms with van der Waals surface area (Å²) in [5.74, 6) is -1.61. The lowest BCUT2D eigenvalue weighted by Crippen LogP contribution is -2.57. The molecule has 0 radical (unpaired) electrons. The first-order valence-electron chi connectivity index (χ1n) is 8.11. The van der Waals surface area contributed by atoms with Gasteiger partial charge in [0.15, 0.2) is 0 Å². The smallest absolute Gasteiger partial charge is 0.407 e. The van der Waals surface area contributed by atoms with Crippen LogP contribution >= 0.6 is 0 Å². The Morgan fingerprint density at radius 3 is 2.52 bits per heavy atom. The van der Waals surface area contributed by atoms with Crippen molar-refractivity contribution in [3.05, 3.63) is 0 Å². The molecule has 25 heavy (non-hydrogen) atoms. The highest BCUT2D eigenvalue weighted by atomic mass is 16.5. The number of piperazine rings is 1. The summed E-state index contributed by atoms with van der Waals surface area (Å²) in [6.07, 6.45) is -0.466. The minimum atomic E-state index is -0.980. The van der Waals surface area contributed by atoms with Gasteiger partial charge in [-0.25, -0.2) is 4.79 Å². The zero-order valence-corrected chi connectivity index (χ0v) is 14.5. The van der Waals surface area contributed by atoms with E-state index >= 15 is 0 Å². The van der Waals surface area contributed by atoms with E-state index in [-0.39, 0.29) is 51.2 Å². The molecule has 0 aromatic heterocycles. The number of carboxylic acid groups (broad SMARTS) is 1. The van der Waals surface area contributed by atoms with Crippen molar-refractivity contribution >= 4 is 23.9 Å². The van der Waals surface area contributed by atoms with Crippen LogP contribution in [0.4, 0.5) is 4.79 Å². The molecule has 1 atom stereocenters. The summed E-state index contributed by atoms with van der Waals surface area (Å²) >= 11 is 0. The minimum Gasteiger partial charge on any atom is -0.480 e. The van der Waals surface area contributed by atoms with Crippen LogP contribution in [0.1, 0.15) is 20.3 Å². The molecule has 142 valence electrons. The molecule has 2 amide bonds. The molecule has 0 aromatic rings. The van der Waals surface area contributed by atoms with Crippen LogP contribution in [0.5, 0.6) is 0 Å². The predicted molar refractivity (Wildman–Crippen MR) is 85.9 cm³/mol. The molecule has 0 spiro atoms. The molecule has 0 bridgehead atoms. The zero-order chi connectivity index (χ0) is 18.8. The van der Waals surface area contributed by atoms with Crippen molar-refractivity contribution in [3.8, 4) is 0 Å². The van der Waals surface area contributed by atoms with Crippen LogP contribution in [-0.2, 0) is 23.9 Å². The number of alkyl carbamates (subject to hydrolysis) is 1. The molecule has 1 saturated heterocycles. The second-order valence-electron chi connectivity index (χ2n) is 5.56. The van der Waals surface area contributed by atoms with Gasteiger partial charge in [0.1, 0.15) is 6.61 Å². The topological polar surface area (TPSA) is 125 Å². The monoisotopic (exact) mass is 359 g/mol. The van der Waals surface area contributed by atoms with E-state index in [0.717, 1.165) is 0 Å². The quantitative estimate of drug-likeness (QED) is 0.544. The van der Waals surface area contributed by atoms with Crippen molar-refractivity contribution in [2.45, 2.75) is 26.3 Å². The summed E-state index contributed by atoms with van der Waals surface area (Å²) < 4.78 is 9.68. The lowest BCUT2D eigenvalue weighted by atomic mass is 10.1. The van der Waals surface area contributed by atoms with Gasteiger partial charge in [0, 0.05) is 39.5 Å². The fourth-order valence-electron chi connectivity index (χ4n) is 2.48. The normalized spacial score (nSPS) is 17.7.